The molecule has 0 unspecified atom stereocenters. The van der Waals surface area contributed by atoms with Gasteiger partial charge in [0.15, 0.2) is 16.6 Å². The van der Waals surface area contributed by atoms with Crippen molar-refractivity contribution in [2.75, 3.05) is 6.61 Å². The Labute approximate surface area is 331 Å². The summed E-state index contributed by atoms with van der Waals surface area (Å²) < 4.78 is 20.9. The van der Waals surface area contributed by atoms with Gasteiger partial charge in [-0.05, 0) is 80.4 Å². The van der Waals surface area contributed by atoms with Crippen LogP contribution in [0.4, 0.5) is 0 Å². The van der Waals surface area contributed by atoms with Gasteiger partial charge in [-0.2, -0.15) is 0 Å². The number of aryl methyl sites for hydroxylation is 2. The highest BCUT2D eigenvalue weighted by molar-refractivity contribution is 5.99. The lowest BCUT2D eigenvalue weighted by Crippen LogP contribution is -2.15. The van der Waals surface area contributed by atoms with E-state index >= 15 is 0 Å². The number of carbonyl (C=O) groups excluding carboxylic acids is 2. The quantitative estimate of drug-likeness (QED) is 0.0586. The van der Waals surface area contributed by atoms with E-state index in [4.69, 9.17) is 18.0 Å². The number of ether oxygens (including phenoxy) is 1. The van der Waals surface area contributed by atoms with Gasteiger partial charge in [0.05, 0.1) is 12.0 Å². The minimum Gasteiger partial charge on any atom is -0.508 e. The van der Waals surface area contributed by atoms with Crippen molar-refractivity contribution < 1.29 is 53.1 Å². The van der Waals surface area contributed by atoms with E-state index in [1.54, 1.807) is 13.8 Å². The first-order chi connectivity index (χ1) is 27.2. The Morgan fingerprint density at radius 2 is 1.31 bits per heavy atom. The molecule has 0 radical (unpaired) electrons. The number of esters is 1. The highest BCUT2D eigenvalue weighted by atomic mass is 16.5. The fourth-order valence-electron chi connectivity index (χ4n) is 5.85. The smallest absolute Gasteiger partial charge is 0.374 e. The number of ketones is 1. The zero-order chi connectivity index (χ0) is 43.2. The van der Waals surface area contributed by atoms with Crippen LogP contribution in [0, 0.1) is 13.8 Å². The van der Waals surface area contributed by atoms with Gasteiger partial charge in [-0.25, -0.2) is 4.79 Å². The summed E-state index contributed by atoms with van der Waals surface area (Å²) in [5, 5.41) is 49.7. The fraction of sp³-hybridized carbons (Fsp3) is 0.250. The summed E-state index contributed by atoms with van der Waals surface area (Å²) in [4.78, 5) is 58.8. The van der Waals surface area contributed by atoms with Gasteiger partial charge >= 0.3 is 5.97 Å². The van der Waals surface area contributed by atoms with Gasteiger partial charge in [-0.1, -0.05) is 23.3 Å². The van der Waals surface area contributed by atoms with Crippen LogP contribution in [0.5, 0.6) is 28.7 Å². The van der Waals surface area contributed by atoms with E-state index in [0.29, 0.717) is 35.1 Å². The second kappa shape index (κ2) is 18.2. The topological polar surface area (TPSA) is 235 Å². The molecule has 6 aromatic rings. The summed E-state index contributed by atoms with van der Waals surface area (Å²) in [7, 11) is 0. The highest BCUT2D eigenvalue weighted by Crippen LogP contribution is 2.40. The highest BCUT2D eigenvalue weighted by Gasteiger charge is 2.22. The molecule has 0 amide bonds. The first kappa shape index (κ1) is 43.6. The molecule has 0 atom stereocenters. The number of Topliss-reactive ketones (excluding diaryl/α,β-unsaturated/α-hetero) is 1. The third-order valence-corrected chi connectivity index (χ3v) is 8.54. The summed E-state index contributed by atoms with van der Waals surface area (Å²) >= 11 is 0. The Morgan fingerprint density at radius 1 is 0.690 bits per heavy atom. The first-order valence-electron chi connectivity index (χ1n) is 18.0. The van der Waals surface area contributed by atoms with Crippen molar-refractivity contribution >= 4 is 44.7 Å². The second-order valence-corrected chi connectivity index (χ2v) is 13.7. The van der Waals surface area contributed by atoms with Crippen LogP contribution in [-0.4, -0.2) is 43.9 Å². The monoisotopic (exact) mass is 796 g/mol. The Morgan fingerprint density at radius 3 is 1.91 bits per heavy atom. The van der Waals surface area contributed by atoms with Gasteiger partial charge in [0.25, 0.3) is 0 Å². The lowest BCUT2D eigenvalue weighted by molar-refractivity contribution is 0.0490. The van der Waals surface area contributed by atoms with Gasteiger partial charge in [-0.15, -0.1) is 0 Å². The number of phenolic OH excluding ortho intramolecular Hbond substituents is 5. The molecule has 0 saturated carbocycles. The molecule has 0 saturated heterocycles. The molecule has 0 bridgehead atoms. The predicted molar refractivity (Wildman–Crippen MR) is 217 cm³/mol. The molecule has 304 valence electrons. The van der Waals surface area contributed by atoms with Crippen LogP contribution in [0.1, 0.15) is 85.1 Å². The van der Waals surface area contributed by atoms with E-state index in [0.717, 1.165) is 23.3 Å². The van der Waals surface area contributed by atoms with Gasteiger partial charge in [0, 0.05) is 41.5 Å². The maximum absolute atomic E-state index is 12.4. The Kier molecular flexibility index (Phi) is 13.7. The summed E-state index contributed by atoms with van der Waals surface area (Å²) in [6.45, 7) is 14.1. The molecule has 3 aromatic carbocycles. The average Bonchev–Trinajstić information content (AvgIpc) is 3.10. The average molecular weight is 797 g/mol. The Hall–Kier alpha value is -7.09. The van der Waals surface area contributed by atoms with E-state index in [1.807, 2.05) is 39.8 Å². The van der Waals surface area contributed by atoms with Crippen molar-refractivity contribution in [2.24, 2.45) is 0 Å². The van der Waals surface area contributed by atoms with E-state index in [1.165, 1.54) is 44.2 Å². The fourth-order valence-corrected chi connectivity index (χ4v) is 5.85. The second-order valence-electron chi connectivity index (χ2n) is 13.7. The zero-order valence-electron chi connectivity index (χ0n) is 33.2. The van der Waals surface area contributed by atoms with Crippen LogP contribution >= 0.6 is 0 Å². The van der Waals surface area contributed by atoms with Crippen LogP contribution in [0.3, 0.4) is 0 Å². The van der Waals surface area contributed by atoms with Crippen molar-refractivity contribution in [1.82, 2.24) is 0 Å². The molecular formula is C44H44O14. The number of aromatic hydroxyl groups is 5. The Balaban J connectivity index is 0.000000197. The maximum Gasteiger partial charge on any atom is 0.374 e. The minimum atomic E-state index is -0.699. The van der Waals surface area contributed by atoms with Crippen molar-refractivity contribution in [3.8, 4) is 28.7 Å². The molecule has 3 heterocycles. The molecule has 5 N–H and O–H groups in total. The predicted octanol–water partition coefficient (Wildman–Crippen LogP) is 7.92. The summed E-state index contributed by atoms with van der Waals surface area (Å²) in [5.41, 5.74) is 2.18. The number of rotatable bonds is 7. The molecule has 14 heteroatoms. The van der Waals surface area contributed by atoms with E-state index in [-0.39, 0.29) is 85.1 Å². The molecule has 0 aliphatic heterocycles. The lowest BCUT2D eigenvalue weighted by Gasteiger charge is -2.14. The summed E-state index contributed by atoms with van der Waals surface area (Å²) in [5.74, 6) is -1.55. The zero-order valence-corrected chi connectivity index (χ0v) is 33.2. The number of hydrogen-bond acceptors (Lipinski definition) is 14. The number of allylic oxidation sites excluding steroid dienone is 4. The van der Waals surface area contributed by atoms with Crippen molar-refractivity contribution in [2.45, 2.75) is 68.2 Å². The summed E-state index contributed by atoms with van der Waals surface area (Å²) in [6, 6.07) is 8.77. The lowest BCUT2D eigenvalue weighted by atomic mass is 9.97. The Bertz CT molecular complexity index is 2810. The van der Waals surface area contributed by atoms with Crippen LogP contribution in [0.15, 0.2) is 93.4 Å². The minimum absolute atomic E-state index is 0.0104. The van der Waals surface area contributed by atoms with Crippen molar-refractivity contribution in [3.05, 3.63) is 130 Å². The molecule has 0 fully saturated rings. The molecular weight excluding hydrogens is 752 g/mol. The van der Waals surface area contributed by atoms with Crippen LogP contribution in [0.25, 0.3) is 32.9 Å². The van der Waals surface area contributed by atoms with Crippen molar-refractivity contribution in [3.63, 3.8) is 0 Å². The van der Waals surface area contributed by atoms with E-state index < -0.39 is 22.9 Å². The number of benzene rings is 3. The molecule has 3 aromatic heterocycles. The standard InChI is InChI=1S/C20H24O4.2C12H10O5/c1-11(2)6-8-14-18(22)15(9-7-12(3)4)20-17(19(14)23)16(21)10-13(5)24-20;1-5(13)10-6(2)17-9-4-7(14)3-8(15)11(9)12(10)16;1-2-16-12(15)11-6-9(14)8-4-3-7(13)5-10(8)17-11/h6-7,10,22-23H,8-9H2,1-5H3;3-4,14-15H,1-2H3;3-6,13H,2H2,1H3. The largest absolute Gasteiger partial charge is 0.508 e. The van der Waals surface area contributed by atoms with E-state index in [9.17, 15) is 49.5 Å². The summed E-state index contributed by atoms with van der Waals surface area (Å²) in [6.07, 6.45) is 4.64. The SMILES string of the molecule is CC(=O)c1c(C)oc2cc(O)cc(O)c2c1=O.CC(C)=CCc1c(O)c(CC=C(C)C)c2oc(C)cc(=O)c2c1O.CCOC(=O)c1cc(=O)c2ccc(O)cc2o1. The molecule has 0 spiro atoms. The molecule has 0 aliphatic rings. The molecule has 58 heavy (non-hydrogen) atoms. The molecule has 6 rings (SSSR count). The van der Waals surface area contributed by atoms with Crippen LogP contribution in [0.2, 0.25) is 0 Å². The third-order valence-electron chi connectivity index (χ3n) is 8.54. The number of phenols is 5. The van der Waals surface area contributed by atoms with Gasteiger partial charge in [0.1, 0.15) is 73.4 Å². The molecule has 0 aliphatic carbocycles. The molecule has 14 nitrogen and oxygen atoms in total. The normalized spacial score (nSPS) is 10.6. The van der Waals surface area contributed by atoms with Gasteiger partial charge < -0.3 is 43.5 Å². The van der Waals surface area contributed by atoms with Gasteiger partial charge in [-0.3, -0.25) is 19.2 Å². The van der Waals surface area contributed by atoms with Crippen molar-refractivity contribution in [1.29, 1.82) is 0 Å². The van der Waals surface area contributed by atoms with Gasteiger partial charge in [0.2, 0.25) is 11.2 Å². The third kappa shape index (κ3) is 9.82. The van der Waals surface area contributed by atoms with E-state index in [2.05, 4.69) is 0 Å². The number of carbonyl (C=O) groups is 2. The first-order valence-corrected chi connectivity index (χ1v) is 18.0. The number of hydrogen-bond donors (Lipinski definition) is 5. The van der Waals surface area contributed by atoms with Crippen LogP contribution in [-0.2, 0) is 17.6 Å². The number of fused-ring (bicyclic) bond motifs is 3. The maximum atomic E-state index is 12.4. The van der Waals surface area contributed by atoms with Crippen LogP contribution < -0.4 is 16.3 Å².